The van der Waals surface area contributed by atoms with Gasteiger partial charge in [-0.3, -0.25) is 0 Å². The minimum atomic E-state index is 0.795. The Morgan fingerprint density at radius 3 is 2.50 bits per heavy atom. The van der Waals surface area contributed by atoms with Crippen LogP contribution in [0.1, 0.15) is 5.82 Å². The molecule has 0 bridgehead atoms. The second kappa shape index (κ2) is 4.39. The van der Waals surface area contributed by atoms with Crippen LogP contribution in [0.5, 0.6) is 0 Å². The quantitative estimate of drug-likeness (QED) is 0.825. The Labute approximate surface area is 108 Å². The molecule has 2 atom stereocenters. The molecule has 1 aromatic rings. The molecule has 0 aromatic carbocycles. The van der Waals surface area contributed by atoms with Gasteiger partial charge in [0, 0.05) is 46.3 Å². The van der Waals surface area contributed by atoms with E-state index in [1.54, 1.807) is 0 Å². The maximum absolute atomic E-state index is 4.59. The highest BCUT2D eigenvalue weighted by Crippen LogP contribution is 2.30. The fourth-order valence-electron chi connectivity index (χ4n) is 2.97. The van der Waals surface area contributed by atoms with Crippen LogP contribution in [0, 0.1) is 18.8 Å². The average Bonchev–Trinajstić information content (AvgIpc) is 2.87. The van der Waals surface area contributed by atoms with Gasteiger partial charge in [-0.2, -0.15) is 0 Å². The third-order valence-corrected chi connectivity index (χ3v) is 3.98. The number of rotatable bonds is 2. The third kappa shape index (κ3) is 2.03. The third-order valence-electron chi connectivity index (χ3n) is 3.98. The largest absolute Gasteiger partial charge is 0.363 e. The van der Waals surface area contributed by atoms with Crippen LogP contribution < -0.4 is 15.1 Å². The molecule has 5 nitrogen and oxygen atoms in total. The minimum Gasteiger partial charge on any atom is -0.363 e. The summed E-state index contributed by atoms with van der Waals surface area (Å²) in [5.41, 5.74) is 0. The lowest BCUT2D eigenvalue weighted by Gasteiger charge is -2.21. The molecule has 2 saturated heterocycles. The molecule has 0 spiro atoms. The highest BCUT2D eigenvalue weighted by molar-refractivity contribution is 5.51. The summed E-state index contributed by atoms with van der Waals surface area (Å²) in [7, 11) is 4.04. The molecule has 0 radical (unpaired) electrons. The highest BCUT2D eigenvalue weighted by Gasteiger charge is 2.36. The normalized spacial score (nSPS) is 26.5. The molecule has 2 aliphatic heterocycles. The van der Waals surface area contributed by atoms with Crippen molar-refractivity contribution in [3.05, 3.63) is 11.9 Å². The molecule has 1 N–H and O–H groups in total. The summed E-state index contributed by atoms with van der Waals surface area (Å²) in [6.45, 7) is 6.54. The van der Waals surface area contributed by atoms with E-state index in [1.807, 2.05) is 25.9 Å². The first kappa shape index (κ1) is 11.7. The molecule has 2 unspecified atom stereocenters. The van der Waals surface area contributed by atoms with Gasteiger partial charge in [-0.25, -0.2) is 9.97 Å². The van der Waals surface area contributed by atoms with Gasteiger partial charge >= 0.3 is 0 Å². The molecule has 2 aliphatic rings. The van der Waals surface area contributed by atoms with Crippen LogP contribution >= 0.6 is 0 Å². The smallest absolute Gasteiger partial charge is 0.134 e. The minimum absolute atomic E-state index is 0.795. The number of aromatic nitrogens is 2. The van der Waals surface area contributed by atoms with E-state index < -0.39 is 0 Å². The molecular weight excluding hydrogens is 226 g/mol. The van der Waals surface area contributed by atoms with Crippen LogP contribution in [0.3, 0.4) is 0 Å². The van der Waals surface area contributed by atoms with E-state index in [4.69, 9.17) is 0 Å². The van der Waals surface area contributed by atoms with Crippen LogP contribution in [-0.4, -0.2) is 50.2 Å². The lowest BCUT2D eigenvalue weighted by atomic mass is 10.0. The van der Waals surface area contributed by atoms with E-state index in [2.05, 4.69) is 26.3 Å². The topological polar surface area (TPSA) is 44.3 Å². The first-order valence-electron chi connectivity index (χ1n) is 6.62. The molecule has 3 heterocycles. The standard InChI is InChI=1S/C13H21N5/c1-9-15-12(17(2)3)4-13(16-9)18-7-10-5-14-6-11(10)8-18/h4,10-11,14H,5-8H2,1-3H3. The van der Waals surface area contributed by atoms with Crippen molar-refractivity contribution in [2.45, 2.75) is 6.92 Å². The molecule has 18 heavy (non-hydrogen) atoms. The second-order valence-corrected chi connectivity index (χ2v) is 5.61. The first-order valence-corrected chi connectivity index (χ1v) is 6.62. The molecule has 0 aliphatic carbocycles. The first-order chi connectivity index (χ1) is 8.63. The summed E-state index contributed by atoms with van der Waals surface area (Å²) < 4.78 is 0. The number of hydrogen-bond donors (Lipinski definition) is 1. The number of hydrogen-bond acceptors (Lipinski definition) is 5. The summed E-state index contributed by atoms with van der Waals surface area (Å²) in [6.07, 6.45) is 0. The molecule has 98 valence electrons. The summed E-state index contributed by atoms with van der Waals surface area (Å²) >= 11 is 0. The Kier molecular flexibility index (Phi) is 2.86. The van der Waals surface area contributed by atoms with Gasteiger partial charge in [0.1, 0.15) is 17.5 Å². The number of aryl methyl sites for hydroxylation is 1. The van der Waals surface area contributed by atoms with Gasteiger partial charge in [0.15, 0.2) is 0 Å². The Bertz CT molecular complexity index is 433. The lowest BCUT2D eigenvalue weighted by molar-refractivity contribution is 0.533. The van der Waals surface area contributed by atoms with E-state index in [0.717, 1.165) is 55.5 Å². The predicted octanol–water partition coefficient (Wildman–Crippen LogP) is 0.507. The van der Waals surface area contributed by atoms with Crippen molar-refractivity contribution in [2.75, 3.05) is 50.1 Å². The van der Waals surface area contributed by atoms with Crippen LogP contribution in [0.2, 0.25) is 0 Å². The number of nitrogens with zero attached hydrogens (tertiary/aromatic N) is 4. The van der Waals surface area contributed by atoms with Crippen LogP contribution in [0.25, 0.3) is 0 Å². The zero-order valence-corrected chi connectivity index (χ0v) is 11.3. The monoisotopic (exact) mass is 247 g/mol. The van der Waals surface area contributed by atoms with Crippen molar-refractivity contribution >= 4 is 11.6 Å². The summed E-state index contributed by atoms with van der Waals surface area (Å²) in [6, 6.07) is 2.10. The maximum Gasteiger partial charge on any atom is 0.134 e. The SMILES string of the molecule is Cc1nc(N(C)C)cc(N2CC3CNCC3C2)n1. The van der Waals surface area contributed by atoms with E-state index in [0.29, 0.717) is 0 Å². The molecule has 2 fully saturated rings. The highest BCUT2D eigenvalue weighted by atomic mass is 15.3. The summed E-state index contributed by atoms with van der Waals surface area (Å²) in [4.78, 5) is 13.5. The average molecular weight is 247 g/mol. The van der Waals surface area contributed by atoms with Gasteiger partial charge < -0.3 is 15.1 Å². The van der Waals surface area contributed by atoms with Crippen molar-refractivity contribution in [3.63, 3.8) is 0 Å². The van der Waals surface area contributed by atoms with Gasteiger partial charge in [0.05, 0.1) is 0 Å². The Balaban J connectivity index is 1.84. The second-order valence-electron chi connectivity index (χ2n) is 5.61. The molecule has 3 rings (SSSR count). The van der Waals surface area contributed by atoms with Crippen LogP contribution in [0.4, 0.5) is 11.6 Å². The van der Waals surface area contributed by atoms with Gasteiger partial charge in [0.2, 0.25) is 0 Å². The van der Waals surface area contributed by atoms with Crippen molar-refractivity contribution in [2.24, 2.45) is 11.8 Å². The Morgan fingerprint density at radius 2 is 1.89 bits per heavy atom. The molecule has 5 heteroatoms. The number of nitrogens with one attached hydrogen (secondary N) is 1. The number of fused-ring (bicyclic) bond motifs is 1. The summed E-state index contributed by atoms with van der Waals surface area (Å²) in [5.74, 6) is 4.52. The van der Waals surface area contributed by atoms with Crippen LogP contribution in [-0.2, 0) is 0 Å². The van der Waals surface area contributed by atoms with Crippen molar-refractivity contribution < 1.29 is 0 Å². The molecule has 0 amide bonds. The predicted molar refractivity (Wildman–Crippen MR) is 73.2 cm³/mol. The van der Waals surface area contributed by atoms with Gasteiger partial charge in [-0.1, -0.05) is 0 Å². The molecular formula is C13H21N5. The maximum atomic E-state index is 4.59. The molecule has 1 aromatic heterocycles. The zero-order valence-electron chi connectivity index (χ0n) is 11.3. The molecule has 0 saturated carbocycles. The van der Waals surface area contributed by atoms with Crippen molar-refractivity contribution in [1.82, 2.24) is 15.3 Å². The van der Waals surface area contributed by atoms with Gasteiger partial charge in [0.25, 0.3) is 0 Å². The van der Waals surface area contributed by atoms with Crippen molar-refractivity contribution in [3.8, 4) is 0 Å². The Hall–Kier alpha value is -1.36. The van der Waals surface area contributed by atoms with Crippen LogP contribution in [0.15, 0.2) is 6.07 Å². The fraction of sp³-hybridized carbons (Fsp3) is 0.692. The fourth-order valence-corrected chi connectivity index (χ4v) is 2.97. The zero-order chi connectivity index (χ0) is 12.7. The number of anilines is 2. The van der Waals surface area contributed by atoms with Crippen molar-refractivity contribution in [1.29, 1.82) is 0 Å². The van der Waals surface area contributed by atoms with E-state index in [9.17, 15) is 0 Å². The van der Waals surface area contributed by atoms with E-state index in [1.165, 1.54) is 0 Å². The lowest BCUT2D eigenvalue weighted by Crippen LogP contribution is -2.27. The summed E-state index contributed by atoms with van der Waals surface area (Å²) in [5, 5.41) is 3.47. The Morgan fingerprint density at radius 1 is 1.22 bits per heavy atom. The van der Waals surface area contributed by atoms with Gasteiger partial charge in [-0.15, -0.1) is 0 Å². The van der Waals surface area contributed by atoms with E-state index in [-0.39, 0.29) is 0 Å². The van der Waals surface area contributed by atoms with E-state index >= 15 is 0 Å². The van der Waals surface area contributed by atoms with Gasteiger partial charge in [-0.05, 0) is 18.8 Å².